The van der Waals surface area contributed by atoms with Crippen LogP contribution < -0.4 is 5.32 Å². The number of carbonyl (C=O) groups is 2. The minimum atomic E-state index is 0.0479. The van der Waals surface area contributed by atoms with Crippen LogP contribution in [0.25, 0.3) is 11.0 Å². The largest absolute Gasteiger partial charge is 0.353 e. The molecule has 0 spiro atoms. The van der Waals surface area contributed by atoms with Crippen molar-refractivity contribution in [2.75, 3.05) is 32.7 Å². The standard InChI is InChI=1S/C19H27N5O2/c1-15(2)21-18(25)13-22-9-11-23(12-10-22)19(26)7-8-24-14-20-16-5-3-4-6-17(16)24/h3-6,14-15H,7-13H2,1-2H3,(H,21,25). The fraction of sp³-hybridized carbons (Fsp3) is 0.526. The second-order valence-corrected chi connectivity index (χ2v) is 7.06. The SMILES string of the molecule is CC(C)NC(=O)CN1CCN(C(=O)CCn2cnc3ccccc32)CC1. The molecule has 0 radical (unpaired) electrons. The van der Waals surface area contributed by atoms with Gasteiger partial charge in [0.05, 0.1) is 23.9 Å². The summed E-state index contributed by atoms with van der Waals surface area (Å²) < 4.78 is 2.03. The molecule has 0 atom stereocenters. The van der Waals surface area contributed by atoms with Crippen LogP contribution in [0.1, 0.15) is 20.3 Å². The highest BCUT2D eigenvalue weighted by Crippen LogP contribution is 2.13. The summed E-state index contributed by atoms with van der Waals surface area (Å²) in [6.07, 6.45) is 2.26. The molecular formula is C19H27N5O2. The Balaban J connectivity index is 1.44. The third-order valence-corrected chi connectivity index (χ3v) is 4.64. The lowest BCUT2D eigenvalue weighted by Crippen LogP contribution is -2.51. The molecule has 7 heteroatoms. The van der Waals surface area contributed by atoms with Crippen molar-refractivity contribution < 1.29 is 9.59 Å². The van der Waals surface area contributed by atoms with Gasteiger partial charge in [0.25, 0.3) is 0 Å². The maximum Gasteiger partial charge on any atom is 0.234 e. The number of aryl methyl sites for hydroxylation is 1. The fourth-order valence-corrected chi connectivity index (χ4v) is 3.29. The smallest absolute Gasteiger partial charge is 0.234 e. The van der Waals surface area contributed by atoms with E-state index in [2.05, 4.69) is 15.2 Å². The fourth-order valence-electron chi connectivity index (χ4n) is 3.29. The number of nitrogens with one attached hydrogen (secondary N) is 1. The first kappa shape index (κ1) is 18.4. The highest BCUT2D eigenvalue weighted by molar-refractivity contribution is 5.79. The van der Waals surface area contributed by atoms with E-state index in [-0.39, 0.29) is 17.9 Å². The molecule has 0 saturated carbocycles. The molecule has 3 rings (SSSR count). The summed E-state index contributed by atoms with van der Waals surface area (Å²) in [5, 5.41) is 2.90. The first-order valence-corrected chi connectivity index (χ1v) is 9.22. The monoisotopic (exact) mass is 357 g/mol. The molecule has 7 nitrogen and oxygen atoms in total. The zero-order valence-electron chi connectivity index (χ0n) is 15.5. The van der Waals surface area contributed by atoms with E-state index < -0.39 is 0 Å². The Kier molecular flexibility index (Phi) is 5.88. The quantitative estimate of drug-likeness (QED) is 0.840. The van der Waals surface area contributed by atoms with Crippen LogP contribution in [-0.4, -0.2) is 69.9 Å². The van der Waals surface area contributed by atoms with Crippen molar-refractivity contribution >= 4 is 22.8 Å². The van der Waals surface area contributed by atoms with E-state index in [1.165, 1.54) is 0 Å². The molecule has 1 aliphatic rings. The van der Waals surface area contributed by atoms with Gasteiger partial charge in [0, 0.05) is 45.2 Å². The van der Waals surface area contributed by atoms with E-state index in [0.29, 0.717) is 32.6 Å². The molecule has 2 aromatic rings. The lowest BCUT2D eigenvalue weighted by molar-refractivity contribution is -0.133. The number of fused-ring (bicyclic) bond motifs is 1. The van der Waals surface area contributed by atoms with Gasteiger partial charge >= 0.3 is 0 Å². The van der Waals surface area contributed by atoms with Crippen molar-refractivity contribution in [2.24, 2.45) is 0 Å². The number of amides is 2. The lowest BCUT2D eigenvalue weighted by atomic mass is 10.2. The summed E-state index contributed by atoms with van der Waals surface area (Å²) in [6.45, 7) is 7.79. The van der Waals surface area contributed by atoms with E-state index in [1.807, 2.05) is 47.6 Å². The average Bonchev–Trinajstić information content (AvgIpc) is 3.03. The zero-order valence-corrected chi connectivity index (χ0v) is 15.5. The summed E-state index contributed by atoms with van der Waals surface area (Å²) in [6, 6.07) is 8.10. The van der Waals surface area contributed by atoms with E-state index in [0.717, 1.165) is 24.1 Å². The third kappa shape index (κ3) is 4.60. The van der Waals surface area contributed by atoms with Crippen molar-refractivity contribution in [2.45, 2.75) is 32.9 Å². The van der Waals surface area contributed by atoms with Gasteiger partial charge in [0.15, 0.2) is 0 Å². The molecule has 1 saturated heterocycles. The van der Waals surface area contributed by atoms with E-state index >= 15 is 0 Å². The summed E-state index contributed by atoms with van der Waals surface area (Å²) >= 11 is 0. The summed E-state index contributed by atoms with van der Waals surface area (Å²) in [5.41, 5.74) is 2.01. The molecule has 2 heterocycles. The van der Waals surface area contributed by atoms with Crippen LogP contribution in [0.5, 0.6) is 0 Å². The van der Waals surface area contributed by atoms with Crippen LogP contribution in [0.2, 0.25) is 0 Å². The van der Waals surface area contributed by atoms with E-state index in [9.17, 15) is 9.59 Å². The number of hydrogen-bond donors (Lipinski definition) is 1. The number of piperazine rings is 1. The average molecular weight is 357 g/mol. The van der Waals surface area contributed by atoms with Gasteiger partial charge in [-0.3, -0.25) is 14.5 Å². The first-order chi connectivity index (χ1) is 12.5. The topological polar surface area (TPSA) is 70.5 Å². The number of hydrogen-bond acceptors (Lipinski definition) is 4. The van der Waals surface area contributed by atoms with Gasteiger partial charge in [-0.15, -0.1) is 0 Å². The molecule has 26 heavy (non-hydrogen) atoms. The van der Waals surface area contributed by atoms with Gasteiger partial charge in [0.2, 0.25) is 11.8 Å². The minimum Gasteiger partial charge on any atom is -0.353 e. The van der Waals surface area contributed by atoms with Crippen molar-refractivity contribution in [1.82, 2.24) is 24.7 Å². The zero-order chi connectivity index (χ0) is 18.5. The van der Waals surface area contributed by atoms with Crippen LogP contribution in [0.3, 0.4) is 0 Å². The molecule has 0 unspecified atom stereocenters. The van der Waals surface area contributed by atoms with Crippen LogP contribution >= 0.6 is 0 Å². The first-order valence-electron chi connectivity index (χ1n) is 9.22. The Morgan fingerprint density at radius 1 is 1.15 bits per heavy atom. The summed E-state index contributed by atoms with van der Waals surface area (Å²) in [7, 11) is 0. The third-order valence-electron chi connectivity index (χ3n) is 4.64. The van der Waals surface area contributed by atoms with Gasteiger partial charge in [-0.1, -0.05) is 12.1 Å². The normalized spacial score (nSPS) is 15.6. The van der Waals surface area contributed by atoms with Crippen LogP contribution in [0.15, 0.2) is 30.6 Å². The number of imidazole rings is 1. The number of para-hydroxylation sites is 2. The maximum absolute atomic E-state index is 12.5. The molecule has 0 bridgehead atoms. The lowest BCUT2D eigenvalue weighted by Gasteiger charge is -2.34. The Morgan fingerprint density at radius 2 is 1.88 bits per heavy atom. The van der Waals surface area contributed by atoms with Crippen LogP contribution in [0.4, 0.5) is 0 Å². The van der Waals surface area contributed by atoms with Crippen LogP contribution in [-0.2, 0) is 16.1 Å². The Bertz CT molecular complexity index is 762. The maximum atomic E-state index is 12.5. The summed E-state index contributed by atoms with van der Waals surface area (Å²) in [4.78, 5) is 32.7. The van der Waals surface area contributed by atoms with Crippen molar-refractivity contribution in [3.8, 4) is 0 Å². The van der Waals surface area contributed by atoms with E-state index in [1.54, 1.807) is 6.33 Å². The Morgan fingerprint density at radius 3 is 2.62 bits per heavy atom. The molecule has 2 amide bonds. The van der Waals surface area contributed by atoms with Gasteiger partial charge < -0.3 is 14.8 Å². The molecular weight excluding hydrogens is 330 g/mol. The number of aromatic nitrogens is 2. The van der Waals surface area contributed by atoms with Gasteiger partial charge in [0.1, 0.15) is 0 Å². The summed E-state index contributed by atoms with van der Waals surface area (Å²) in [5.74, 6) is 0.209. The predicted molar refractivity (Wildman–Crippen MR) is 101 cm³/mol. The molecule has 1 aliphatic heterocycles. The number of carbonyl (C=O) groups excluding carboxylic acids is 2. The van der Waals surface area contributed by atoms with Crippen molar-refractivity contribution in [1.29, 1.82) is 0 Å². The number of nitrogens with zero attached hydrogens (tertiary/aromatic N) is 4. The predicted octanol–water partition coefficient (Wildman–Crippen LogP) is 1.10. The second kappa shape index (κ2) is 8.31. The van der Waals surface area contributed by atoms with Gasteiger partial charge in [-0.2, -0.15) is 0 Å². The molecule has 0 aliphatic carbocycles. The van der Waals surface area contributed by atoms with Crippen molar-refractivity contribution in [3.05, 3.63) is 30.6 Å². The van der Waals surface area contributed by atoms with E-state index in [4.69, 9.17) is 0 Å². The van der Waals surface area contributed by atoms with Crippen molar-refractivity contribution in [3.63, 3.8) is 0 Å². The molecule has 1 N–H and O–H groups in total. The number of benzene rings is 1. The molecule has 1 fully saturated rings. The Hall–Kier alpha value is -2.41. The highest BCUT2D eigenvalue weighted by atomic mass is 16.2. The van der Waals surface area contributed by atoms with Crippen LogP contribution in [0, 0.1) is 0 Å². The second-order valence-electron chi connectivity index (χ2n) is 7.06. The molecule has 1 aromatic heterocycles. The van der Waals surface area contributed by atoms with Gasteiger partial charge in [-0.25, -0.2) is 4.98 Å². The van der Waals surface area contributed by atoms with Gasteiger partial charge in [-0.05, 0) is 26.0 Å². The highest BCUT2D eigenvalue weighted by Gasteiger charge is 2.22. The molecule has 1 aromatic carbocycles. The Labute approximate surface area is 154 Å². The molecule has 140 valence electrons. The minimum absolute atomic E-state index is 0.0479. The number of rotatable bonds is 6.